The number of hydrogen-bond acceptors (Lipinski definition) is 4. The summed E-state index contributed by atoms with van der Waals surface area (Å²) < 4.78 is 42.4. The standard InChI is InChI=1S/C14H16F3NO4/c15-14(16,17)10-3-1-2-9(8-10)6-7-22-13(21)11(18)4-5-12(19)20/h1-3,8,11H,4-7,18H2,(H,19,20). The third kappa shape index (κ3) is 6.13. The summed E-state index contributed by atoms with van der Waals surface area (Å²) in [6.45, 7) is -0.124. The van der Waals surface area contributed by atoms with E-state index in [0.717, 1.165) is 12.1 Å². The zero-order valence-electron chi connectivity index (χ0n) is 11.6. The van der Waals surface area contributed by atoms with Crippen molar-refractivity contribution < 1.29 is 32.6 Å². The van der Waals surface area contributed by atoms with Crippen LogP contribution in [0.3, 0.4) is 0 Å². The normalized spacial score (nSPS) is 12.7. The van der Waals surface area contributed by atoms with E-state index < -0.39 is 29.7 Å². The molecule has 0 spiro atoms. The van der Waals surface area contributed by atoms with Gasteiger partial charge in [-0.1, -0.05) is 18.2 Å². The minimum Gasteiger partial charge on any atom is -0.481 e. The number of aliphatic carboxylic acids is 1. The van der Waals surface area contributed by atoms with Gasteiger partial charge in [-0.15, -0.1) is 0 Å². The second-order valence-electron chi connectivity index (χ2n) is 4.65. The van der Waals surface area contributed by atoms with Crippen molar-refractivity contribution in [3.05, 3.63) is 35.4 Å². The summed E-state index contributed by atoms with van der Waals surface area (Å²) in [6.07, 6.45) is -4.63. The van der Waals surface area contributed by atoms with Gasteiger partial charge in [-0.3, -0.25) is 9.59 Å². The lowest BCUT2D eigenvalue weighted by molar-refractivity contribution is -0.145. The smallest absolute Gasteiger partial charge is 0.416 e. The van der Waals surface area contributed by atoms with Crippen molar-refractivity contribution in [1.82, 2.24) is 0 Å². The summed E-state index contributed by atoms with van der Waals surface area (Å²) in [5, 5.41) is 8.46. The highest BCUT2D eigenvalue weighted by atomic mass is 19.4. The lowest BCUT2D eigenvalue weighted by atomic mass is 10.1. The minimum atomic E-state index is -4.42. The van der Waals surface area contributed by atoms with Crippen molar-refractivity contribution in [3.63, 3.8) is 0 Å². The molecule has 0 aliphatic carbocycles. The summed E-state index contributed by atoms with van der Waals surface area (Å²) in [6, 6.07) is 3.65. The summed E-state index contributed by atoms with van der Waals surface area (Å²) in [7, 11) is 0. The van der Waals surface area contributed by atoms with Crippen LogP contribution in [0.25, 0.3) is 0 Å². The summed E-state index contributed by atoms with van der Waals surface area (Å²) in [4.78, 5) is 21.8. The predicted molar refractivity (Wildman–Crippen MR) is 71.0 cm³/mol. The predicted octanol–water partition coefficient (Wildman–Crippen LogP) is 1.98. The van der Waals surface area contributed by atoms with Crippen LogP contribution in [0.1, 0.15) is 24.0 Å². The van der Waals surface area contributed by atoms with Crippen LogP contribution in [0.15, 0.2) is 24.3 Å². The Kier molecular flexibility index (Phi) is 6.36. The first-order chi connectivity index (χ1) is 10.2. The van der Waals surface area contributed by atoms with Crippen molar-refractivity contribution in [2.75, 3.05) is 6.61 Å². The largest absolute Gasteiger partial charge is 0.481 e. The van der Waals surface area contributed by atoms with E-state index >= 15 is 0 Å². The molecular formula is C14H16F3NO4. The molecule has 0 aliphatic heterocycles. The van der Waals surface area contributed by atoms with Gasteiger partial charge in [0.25, 0.3) is 0 Å². The van der Waals surface area contributed by atoms with Crippen LogP contribution in [0.4, 0.5) is 13.2 Å². The molecule has 0 aliphatic rings. The maximum atomic E-state index is 12.5. The molecule has 1 rings (SSSR count). The van der Waals surface area contributed by atoms with Gasteiger partial charge in [0.2, 0.25) is 0 Å². The Morgan fingerprint density at radius 1 is 1.32 bits per heavy atom. The fraction of sp³-hybridized carbons (Fsp3) is 0.429. The number of carboxylic acid groups (broad SMARTS) is 1. The van der Waals surface area contributed by atoms with Crippen LogP contribution >= 0.6 is 0 Å². The van der Waals surface area contributed by atoms with E-state index in [1.54, 1.807) is 0 Å². The van der Waals surface area contributed by atoms with Gasteiger partial charge in [-0.2, -0.15) is 13.2 Å². The van der Waals surface area contributed by atoms with Crippen LogP contribution in [0, 0.1) is 0 Å². The Hall–Kier alpha value is -2.09. The first-order valence-corrected chi connectivity index (χ1v) is 6.50. The molecule has 0 heterocycles. The Bertz CT molecular complexity index is 531. The Labute approximate surface area is 124 Å². The third-order valence-corrected chi connectivity index (χ3v) is 2.86. The fourth-order valence-electron chi connectivity index (χ4n) is 1.68. The maximum absolute atomic E-state index is 12.5. The summed E-state index contributed by atoms with van der Waals surface area (Å²) >= 11 is 0. The van der Waals surface area contributed by atoms with E-state index in [4.69, 9.17) is 15.6 Å². The van der Waals surface area contributed by atoms with Gasteiger partial charge in [0.15, 0.2) is 0 Å². The van der Waals surface area contributed by atoms with Crippen LogP contribution in [-0.4, -0.2) is 29.7 Å². The second-order valence-corrected chi connectivity index (χ2v) is 4.65. The number of benzene rings is 1. The molecule has 0 bridgehead atoms. The topological polar surface area (TPSA) is 89.6 Å². The molecule has 3 N–H and O–H groups in total. The zero-order chi connectivity index (χ0) is 16.8. The Morgan fingerprint density at radius 3 is 2.59 bits per heavy atom. The van der Waals surface area contributed by atoms with Crippen LogP contribution in [0.2, 0.25) is 0 Å². The van der Waals surface area contributed by atoms with E-state index in [-0.39, 0.29) is 25.9 Å². The highest BCUT2D eigenvalue weighted by molar-refractivity contribution is 5.76. The molecule has 122 valence electrons. The van der Waals surface area contributed by atoms with Crippen LogP contribution in [-0.2, 0) is 26.9 Å². The lowest BCUT2D eigenvalue weighted by Gasteiger charge is -2.11. The lowest BCUT2D eigenvalue weighted by Crippen LogP contribution is -2.33. The third-order valence-electron chi connectivity index (χ3n) is 2.86. The molecule has 1 unspecified atom stereocenters. The Morgan fingerprint density at radius 2 is 2.00 bits per heavy atom. The van der Waals surface area contributed by atoms with E-state index in [9.17, 15) is 22.8 Å². The number of carboxylic acids is 1. The zero-order valence-corrected chi connectivity index (χ0v) is 11.6. The molecule has 0 aromatic heterocycles. The van der Waals surface area contributed by atoms with Gasteiger partial charge in [0.1, 0.15) is 6.04 Å². The van der Waals surface area contributed by atoms with Crippen molar-refractivity contribution in [1.29, 1.82) is 0 Å². The van der Waals surface area contributed by atoms with Gasteiger partial charge in [0.05, 0.1) is 12.2 Å². The molecule has 0 saturated carbocycles. The van der Waals surface area contributed by atoms with Crippen LogP contribution < -0.4 is 5.73 Å². The van der Waals surface area contributed by atoms with Crippen molar-refractivity contribution in [3.8, 4) is 0 Å². The molecule has 5 nitrogen and oxygen atoms in total. The number of hydrogen-bond donors (Lipinski definition) is 2. The van der Waals surface area contributed by atoms with Crippen molar-refractivity contribution in [2.45, 2.75) is 31.5 Å². The quantitative estimate of drug-likeness (QED) is 0.750. The van der Waals surface area contributed by atoms with E-state index in [2.05, 4.69) is 0 Å². The van der Waals surface area contributed by atoms with Gasteiger partial charge in [-0.25, -0.2) is 0 Å². The fourth-order valence-corrected chi connectivity index (χ4v) is 1.68. The van der Waals surface area contributed by atoms with E-state index in [1.165, 1.54) is 12.1 Å². The molecule has 1 aromatic carbocycles. The molecule has 1 aromatic rings. The van der Waals surface area contributed by atoms with Crippen LogP contribution in [0.5, 0.6) is 0 Å². The molecule has 8 heteroatoms. The highest BCUT2D eigenvalue weighted by Gasteiger charge is 2.30. The first-order valence-electron chi connectivity index (χ1n) is 6.50. The first kappa shape index (κ1) is 18.0. The van der Waals surface area contributed by atoms with E-state index in [1.807, 2.05) is 0 Å². The van der Waals surface area contributed by atoms with Crippen molar-refractivity contribution in [2.24, 2.45) is 5.73 Å². The van der Waals surface area contributed by atoms with E-state index in [0.29, 0.717) is 5.56 Å². The molecule has 0 fully saturated rings. The second kappa shape index (κ2) is 7.79. The number of rotatable bonds is 7. The number of esters is 1. The van der Waals surface area contributed by atoms with Gasteiger partial charge >= 0.3 is 18.1 Å². The molecule has 0 radical (unpaired) electrons. The van der Waals surface area contributed by atoms with Crippen molar-refractivity contribution >= 4 is 11.9 Å². The number of ether oxygens (including phenoxy) is 1. The maximum Gasteiger partial charge on any atom is 0.416 e. The van der Waals surface area contributed by atoms with Gasteiger partial charge in [-0.05, 0) is 18.1 Å². The highest BCUT2D eigenvalue weighted by Crippen LogP contribution is 2.29. The average molecular weight is 319 g/mol. The van der Waals surface area contributed by atoms with Gasteiger partial charge < -0.3 is 15.6 Å². The Balaban J connectivity index is 2.44. The monoisotopic (exact) mass is 319 g/mol. The molecular weight excluding hydrogens is 303 g/mol. The summed E-state index contributed by atoms with van der Waals surface area (Å²) in [5.41, 5.74) is 5.05. The average Bonchev–Trinajstić information content (AvgIpc) is 2.44. The molecule has 0 amide bonds. The molecule has 1 atom stereocenters. The number of carbonyl (C=O) groups is 2. The van der Waals surface area contributed by atoms with Gasteiger partial charge in [0, 0.05) is 12.8 Å². The number of carbonyl (C=O) groups excluding carboxylic acids is 1. The number of halogens is 3. The molecule has 0 saturated heterocycles. The molecule has 22 heavy (non-hydrogen) atoms. The number of alkyl halides is 3. The SMILES string of the molecule is NC(CCC(=O)O)C(=O)OCCc1cccc(C(F)(F)F)c1. The summed E-state index contributed by atoms with van der Waals surface area (Å²) in [5.74, 6) is -1.85. The number of nitrogens with two attached hydrogens (primary N) is 1. The minimum absolute atomic E-state index is 0.0578.